The Bertz CT molecular complexity index is 539. The zero-order valence-electron chi connectivity index (χ0n) is 7.44. The quantitative estimate of drug-likeness (QED) is 0.779. The lowest BCUT2D eigenvalue weighted by atomic mass is 10.2. The predicted octanol–water partition coefficient (Wildman–Crippen LogP) is 1.85. The lowest BCUT2D eigenvalue weighted by Crippen LogP contribution is -2.01. The van der Waals surface area contributed by atoms with Gasteiger partial charge in [0.05, 0.1) is 9.79 Å². The van der Waals surface area contributed by atoms with Crippen molar-refractivity contribution < 1.29 is 16.8 Å². The van der Waals surface area contributed by atoms with Crippen molar-refractivity contribution in [2.45, 2.75) is 16.7 Å². The van der Waals surface area contributed by atoms with Gasteiger partial charge in [-0.1, -0.05) is 6.07 Å². The minimum atomic E-state index is -3.97. The fourth-order valence-corrected chi connectivity index (χ4v) is 3.62. The first kappa shape index (κ1) is 12.8. The molecular formula is C7H6Cl2O4S2. The number of benzene rings is 1. The predicted molar refractivity (Wildman–Crippen MR) is 57.3 cm³/mol. The third-order valence-electron chi connectivity index (χ3n) is 1.76. The maximum Gasteiger partial charge on any atom is 0.261 e. The Kier molecular flexibility index (Phi) is 3.35. The molecule has 0 saturated carbocycles. The van der Waals surface area contributed by atoms with Gasteiger partial charge in [-0.05, 0) is 24.6 Å². The van der Waals surface area contributed by atoms with Gasteiger partial charge < -0.3 is 0 Å². The van der Waals surface area contributed by atoms with Crippen LogP contribution in [0.25, 0.3) is 0 Å². The van der Waals surface area contributed by atoms with Gasteiger partial charge in [-0.25, -0.2) is 16.8 Å². The standard InChI is InChI=1S/C7H6Cl2O4S2/c1-5-6(14(8,10)11)3-2-4-7(5)15(9,12)13/h2-4H,1H3. The van der Waals surface area contributed by atoms with Crippen molar-refractivity contribution in [3.8, 4) is 0 Å². The molecule has 4 nitrogen and oxygen atoms in total. The van der Waals surface area contributed by atoms with Crippen molar-refractivity contribution in [3.05, 3.63) is 23.8 Å². The molecule has 0 heterocycles. The molecule has 0 atom stereocenters. The highest BCUT2D eigenvalue weighted by molar-refractivity contribution is 8.14. The summed E-state index contributed by atoms with van der Waals surface area (Å²) in [6, 6.07) is 3.68. The highest BCUT2D eigenvalue weighted by atomic mass is 35.7. The molecule has 15 heavy (non-hydrogen) atoms. The molecule has 0 aliphatic rings. The van der Waals surface area contributed by atoms with Crippen LogP contribution >= 0.6 is 21.4 Å². The summed E-state index contributed by atoms with van der Waals surface area (Å²) in [6.45, 7) is 1.32. The van der Waals surface area contributed by atoms with E-state index in [-0.39, 0.29) is 15.4 Å². The molecule has 1 aromatic rings. The minimum absolute atomic E-state index is 0.0162. The number of hydrogen-bond acceptors (Lipinski definition) is 4. The van der Waals surface area contributed by atoms with Crippen molar-refractivity contribution in [2.24, 2.45) is 0 Å². The Morgan fingerprint density at radius 3 is 1.53 bits per heavy atom. The second kappa shape index (κ2) is 3.93. The van der Waals surface area contributed by atoms with Crippen molar-refractivity contribution in [2.75, 3.05) is 0 Å². The van der Waals surface area contributed by atoms with Crippen LogP contribution < -0.4 is 0 Å². The summed E-state index contributed by atoms with van der Waals surface area (Å²) in [5, 5.41) is 0. The topological polar surface area (TPSA) is 68.3 Å². The maximum atomic E-state index is 11.1. The Morgan fingerprint density at radius 2 is 1.27 bits per heavy atom. The van der Waals surface area contributed by atoms with Gasteiger partial charge >= 0.3 is 0 Å². The molecule has 0 amide bonds. The molecule has 0 radical (unpaired) electrons. The molecule has 8 heteroatoms. The van der Waals surface area contributed by atoms with Crippen LogP contribution in [0.5, 0.6) is 0 Å². The van der Waals surface area contributed by atoms with Gasteiger partial charge in [0.15, 0.2) is 0 Å². The Labute approximate surface area is 96.7 Å². The molecule has 0 N–H and O–H groups in total. The van der Waals surface area contributed by atoms with E-state index < -0.39 is 18.1 Å². The molecule has 0 aromatic heterocycles. The maximum absolute atomic E-state index is 11.1. The molecule has 1 aromatic carbocycles. The molecule has 0 aliphatic carbocycles. The summed E-state index contributed by atoms with van der Waals surface area (Å²) < 4.78 is 44.2. The summed E-state index contributed by atoms with van der Waals surface area (Å²) in [7, 11) is 2.31. The molecule has 0 unspecified atom stereocenters. The molecule has 0 fully saturated rings. The van der Waals surface area contributed by atoms with Crippen LogP contribution in [0.3, 0.4) is 0 Å². The fraction of sp³-hybridized carbons (Fsp3) is 0.143. The summed E-state index contributed by atoms with van der Waals surface area (Å²) in [4.78, 5) is -0.517. The summed E-state index contributed by atoms with van der Waals surface area (Å²) in [6.07, 6.45) is 0. The fourth-order valence-electron chi connectivity index (χ4n) is 1.12. The van der Waals surface area contributed by atoms with E-state index >= 15 is 0 Å². The average Bonchev–Trinajstić information content (AvgIpc) is 1.99. The van der Waals surface area contributed by atoms with Gasteiger partial charge in [0.25, 0.3) is 18.1 Å². The van der Waals surface area contributed by atoms with E-state index in [1.807, 2.05) is 0 Å². The van der Waals surface area contributed by atoms with Gasteiger partial charge in [-0.2, -0.15) is 0 Å². The largest absolute Gasteiger partial charge is 0.261 e. The van der Waals surface area contributed by atoms with E-state index in [0.29, 0.717) is 0 Å². The van der Waals surface area contributed by atoms with Crippen LogP contribution in [-0.4, -0.2) is 16.8 Å². The Balaban J connectivity index is 3.65. The molecule has 0 bridgehead atoms. The Hall–Kier alpha value is -0.300. The van der Waals surface area contributed by atoms with Gasteiger partial charge in [0.2, 0.25) is 0 Å². The van der Waals surface area contributed by atoms with Crippen LogP contribution in [-0.2, 0) is 18.1 Å². The Morgan fingerprint density at radius 1 is 0.933 bits per heavy atom. The van der Waals surface area contributed by atoms with Gasteiger partial charge in [-0.15, -0.1) is 0 Å². The number of halogens is 2. The van der Waals surface area contributed by atoms with Crippen LogP contribution in [0.4, 0.5) is 0 Å². The van der Waals surface area contributed by atoms with Crippen molar-refractivity contribution >= 4 is 39.5 Å². The normalized spacial score (nSPS) is 12.7. The van der Waals surface area contributed by atoms with E-state index in [4.69, 9.17) is 21.4 Å². The lowest BCUT2D eigenvalue weighted by molar-refractivity contribution is 0.606. The summed E-state index contributed by atoms with van der Waals surface area (Å²) >= 11 is 0. The van der Waals surface area contributed by atoms with Gasteiger partial charge in [0, 0.05) is 21.4 Å². The molecule has 0 saturated heterocycles. The third-order valence-corrected chi connectivity index (χ3v) is 4.69. The van der Waals surface area contributed by atoms with E-state index in [1.54, 1.807) is 0 Å². The smallest absolute Gasteiger partial charge is 0.207 e. The van der Waals surface area contributed by atoms with Crippen molar-refractivity contribution in [1.29, 1.82) is 0 Å². The van der Waals surface area contributed by atoms with Crippen LogP contribution in [0.1, 0.15) is 5.56 Å². The molecular weight excluding hydrogens is 283 g/mol. The summed E-state index contributed by atoms with van der Waals surface area (Å²) in [5.41, 5.74) is 0.0162. The highest BCUT2D eigenvalue weighted by Crippen LogP contribution is 2.27. The lowest BCUT2D eigenvalue weighted by Gasteiger charge is -2.05. The first-order chi connectivity index (χ1) is 6.64. The van der Waals surface area contributed by atoms with Gasteiger partial charge in [-0.3, -0.25) is 0 Å². The molecule has 1 rings (SSSR count). The van der Waals surface area contributed by atoms with Gasteiger partial charge in [0.1, 0.15) is 0 Å². The first-order valence-corrected chi connectivity index (χ1v) is 8.25. The van der Waals surface area contributed by atoms with E-state index in [1.165, 1.54) is 25.1 Å². The molecule has 0 aliphatic heterocycles. The van der Waals surface area contributed by atoms with E-state index in [9.17, 15) is 16.8 Å². The number of hydrogen-bond donors (Lipinski definition) is 0. The highest BCUT2D eigenvalue weighted by Gasteiger charge is 2.20. The second-order valence-corrected chi connectivity index (χ2v) is 7.82. The van der Waals surface area contributed by atoms with E-state index in [0.717, 1.165) is 0 Å². The van der Waals surface area contributed by atoms with Crippen molar-refractivity contribution in [3.63, 3.8) is 0 Å². The van der Waals surface area contributed by atoms with Crippen LogP contribution in [0.2, 0.25) is 0 Å². The monoisotopic (exact) mass is 288 g/mol. The molecule has 0 spiro atoms. The zero-order valence-corrected chi connectivity index (χ0v) is 10.6. The van der Waals surface area contributed by atoms with E-state index in [2.05, 4.69) is 0 Å². The zero-order chi connectivity index (χ0) is 11.9. The average molecular weight is 289 g/mol. The van der Waals surface area contributed by atoms with Crippen molar-refractivity contribution in [1.82, 2.24) is 0 Å². The van der Waals surface area contributed by atoms with Crippen LogP contribution in [0, 0.1) is 6.92 Å². The molecule has 84 valence electrons. The minimum Gasteiger partial charge on any atom is -0.207 e. The third kappa shape index (κ3) is 2.84. The first-order valence-electron chi connectivity index (χ1n) is 3.63. The second-order valence-electron chi connectivity index (χ2n) is 2.75. The van der Waals surface area contributed by atoms with Crippen LogP contribution in [0.15, 0.2) is 28.0 Å². The number of rotatable bonds is 2. The SMILES string of the molecule is Cc1c(S(=O)(=O)Cl)cccc1S(=O)(=O)Cl. The summed E-state index contributed by atoms with van der Waals surface area (Å²) in [5.74, 6) is 0.